The minimum atomic E-state index is -3.58. The summed E-state index contributed by atoms with van der Waals surface area (Å²) < 4.78 is 26.0. The molecule has 0 radical (unpaired) electrons. The van der Waals surface area contributed by atoms with E-state index >= 15 is 0 Å². The third kappa shape index (κ3) is 4.91. The van der Waals surface area contributed by atoms with E-state index < -0.39 is 10.0 Å². The molecule has 1 aliphatic heterocycles. The van der Waals surface area contributed by atoms with Crippen molar-refractivity contribution in [3.63, 3.8) is 0 Å². The Morgan fingerprint density at radius 1 is 1.18 bits per heavy atom. The summed E-state index contributed by atoms with van der Waals surface area (Å²) in [6.07, 6.45) is 2.51. The minimum absolute atomic E-state index is 0.0720. The molecule has 2 aromatic rings. The maximum atomic E-state index is 12.4. The van der Waals surface area contributed by atoms with Crippen LogP contribution in [0.1, 0.15) is 35.7 Å². The van der Waals surface area contributed by atoms with E-state index in [1.165, 1.54) is 37.7 Å². The number of carbonyl (C=O) groups is 1. The largest absolute Gasteiger partial charge is 0.371 e. The summed E-state index contributed by atoms with van der Waals surface area (Å²) in [5, 5.41) is 2.85. The molecule has 150 valence electrons. The molecule has 7 heteroatoms. The monoisotopic (exact) mass is 401 g/mol. The van der Waals surface area contributed by atoms with Crippen molar-refractivity contribution in [3.05, 3.63) is 59.7 Å². The van der Waals surface area contributed by atoms with Gasteiger partial charge in [-0.05, 0) is 61.7 Å². The summed E-state index contributed by atoms with van der Waals surface area (Å²) in [6.45, 7) is 4.85. The second-order valence-corrected chi connectivity index (χ2v) is 9.16. The third-order valence-electron chi connectivity index (χ3n) is 5.09. The highest BCUT2D eigenvalue weighted by molar-refractivity contribution is 7.89. The number of sulfonamides is 1. The van der Waals surface area contributed by atoms with Gasteiger partial charge >= 0.3 is 0 Å². The quantitative estimate of drug-likeness (QED) is 0.780. The highest BCUT2D eigenvalue weighted by Crippen LogP contribution is 2.23. The molecule has 2 aromatic carbocycles. The Kier molecular flexibility index (Phi) is 6.36. The summed E-state index contributed by atoms with van der Waals surface area (Å²) in [5.74, 6) is 0.414. The van der Waals surface area contributed by atoms with E-state index in [9.17, 15) is 13.2 Å². The molecular formula is C21H27N3O3S. The Morgan fingerprint density at radius 2 is 1.93 bits per heavy atom. The molecule has 1 aliphatic rings. The third-order valence-corrected chi connectivity index (χ3v) is 6.50. The second-order valence-electron chi connectivity index (χ2n) is 7.28. The summed E-state index contributed by atoms with van der Waals surface area (Å²) in [5.41, 5.74) is 2.53. The van der Waals surface area contributed by atoms with Crippen LogP contribution in [0.3, 0.4) is 0 Å². The number of anilines is 1. The summed E-state index contributed by atoms with van der Waals surface area (Å²) >= 11 is 0. The second kappa shape index (κ2) is 8.75. The van der Waals surface area contributed by atoms with Gasteiger partial charge in [0.15, 0.2) is 0 Å². The highest BCUT2D eigenvalue weighted by Gasteiger charge is 2.17. The van der Waals surface area contributed by atoms with Crippen LogP contribution in [0, 0.1) is 5.92 Å². The van der Waals surface area contributed by atoms with Crippen molar-refractivity contribution in [2.24, 2.45) is 5.92 Å². The molecule has 1 heterocycles. The lowest BCUT2D eigenvalue weighted by Crippen LogP contribution is -2.34. The molecule has 1 atom stereocenters. The van der Waals surface area contributed by atoms with Gasteiger partial charge in [0.1, 0.15) is 0 Å². The van der Waals surface area contributed by atoms with Crippen molar-refractivity contribution in [1.29, 1.82) is 0 Å². The molecule has 28 heavy (non-hydrogen) atoms. The number of hydrogen-bond donors (Lipinski definition) is 2. The smallest absolute Gasteiger partial charge is 0.251 e. The number of piperidine rings is 1. The van der Waals surface area contributed by atoms with Gasteiger partial charge in [-0.15, -0.1) is 0 Å². The van der Waals surface area contributed by atoms with Gasteiger partial charge in [0.2, 0.25) is 10.0 Å². The lowest BCUT2D eigenvalue weighted by Gasteiger charge is -2.32. The molecule has 1 unspecified atom stereocenters. The van der Waals surface area contributed by atoms with Gasteiger partial charge in [-0.3, -0.25) is 4.79 Å². The molecule has 0 spiro atoms. The zero-order chi connectivity index (χ0) is 20.1. The van der Waals surface area contributed by atoms with E-state index in [1.807, 2.05) is 12.1 Å². The Bertz CT molecular complexity index is 926. The molecule has 0 saturated carbocycles. The van der Waals surface area contributed by atoms with Crippen molar-refractivity contribution in [1.82, 2.24) is 10.0 Å². The molecule has 6 nitrogen and oxygen atoms in total. The molecule has 2 N–H and O–H groups in total. The van der Waals surface area contributed by atoms with Crippen molar-refractivity contribution in [2.75, 3.05) is 25.0 Å². The maximum absolute atomic E-state index is 12.4. The van der Waals surface area contributed by atoms with Crippen LogP contribution in [-0.4, -0.2) is 34.5 Å². The fourth-order valence-electron chi connectivity index (χ4n) is 3.46. The van der Waals surface area contributed by atoms with Crippen molar-refractivity contribution >= 4 is 21.6 Å². The van der Waals surface area contributed by atoms with Crippen LogP contribution in [-0.2, 0) is 16.6 Å². The van der Waals surface area contributed by atoms with Gasteiger partial charge in [0, 0.05) is 30.9 Å². The van der Waals surface area contributed by atoms with Gasteiger partial charge in [0.25, 0.3) is 5.91 Å². The van der Waals surface area contributed by atoms with Gasteiger partial charge in [-0.1, -0.05) is 25.1 Å². The predicted molar refractivity (Wildman–Crippen MR) is 111 cm³/mol. The first-order valence-corrected chi connectivity index (χ1v) is 11.0. The van der Waals surface area contributed by atoms with Crippen molar-refractivity contribution < 1.29 is 13.2 Å². The Morgan fingerprint density at radius 3 is 2.61 bits per heavy atom. The van der Waals surface area contributed by atoms with Gasteiger partial charge in [-0.2, -0.15) is 0 Å². The lowest BCUT2D eigenvalue weighted by atomic mass is 9.99. The topological polar surface area (TPSA) is 78.5 Å². The number of rotatable bonds is 6. The van der Waals surface area contributed by atoms with E-state index in [0.717, 1.165) is 24.6 Å². The Hall–Kier alpha value is -2.38. The SMILES string of the molecule is CNS(=O)(=O)c1cccc(C(=O)NCc2ccc(N3CCCC(C)C3)cc2)c1. The van der Waals surface area contributed by atoms with Crippen LogP contribution < -0.4 is 14.9 Å². The number of hydrogen-bond acceptors (Lipinski definition) is 4. The van der Waals surface area contributed by atoms with Crippen molar-refractivity contribution in [2.45, 2.75) is 31.2 Å². The molecular weight excluding hydrogens is 374 g/mol. The number of carbonyl (C=O) groups excluding carboxylic acids is 1. The van der Waals surface area contributed by atoms with E-state index in [1.54, 1.807) is 12.1 Å². The van der Waals surface area contributed by atoms with E-state index in [2.05, 4.69) is 34.0 Å². The molecule has 1 saturated heterocycles. The minimum Gasteiger partial charge on any atom is -0.371 e. The number of nitrogens with zero attached hydrogens (tertiary/aromatic N) is 1. The molecule has 1 fully saturated rings. The standard InChI is InChI=1S/C21H27N3O3S/c1-16-5-4-12-24(15-16)19-10-8-17(9-11-19)14-23-21(25)18-6-3-7-20(13-18)28(26,27)22-2/h3,6-11,13,16,22H,4-5,12,14-15H2,1-2H3,(H,23,25). The first-order valence-electron chi connectivity index (χ1n) is 9.55. The van der Waals surface area contributed by atoms with Crippen LogP contribution in [0.5, 0.6) is 0 Å². The average molecular weight is 402 g/mol. The molecule has 3 rings (SSSR count). The van der Waals surface area contributed by atoms with E-state index in [4.69, 9.17) is 0 Å². The maximum Gasteiger partial charge on any atom is 0.251 e. The first kappa shape index (κ1) is 20.4. The number of nitrogens with one attached hydrogen (secondary N) is 2. The van der Waals surface area contributed by atoms with Gasteiger partial charge < -0.3 is 10.2 Å². The predicted octanol–water partition coefficient (Wildman–Crippen LogP) is 2.76. The van der Waals surface area contributed by atoms with Crippen LogP contribution in [0.25, 0.3) is 0 Å². The van der Waals surface area contributed by atoms with Crippen LogP contribution in [0.2, 0.25) is 0 Å². The van der Waals surface area contributed by atoms with Crippen molar-refractivity contribution in [3.8, 4) is 0 Å². The zero-order valence-electron chi connectivity index (χ0n) is 16.3. The average Bonchev–Trinajstić information content (AvgIpc) is 2.72. The van der Waals surface area contributed by atoms with Crippen LogP contribution in [0.15, 0.2) is 53.4 Å². The molecule has 1 amide bonds. The number of benzene rings is 2. The first-order chi connectivity index (χ1) is 13.4. The van der Waals surface area contributed by atoms with Crippen LogP contribution in [0.4, 0.5) is 5.69 Å². The van der Waals surface area contributed by atoms with E-state index in [-0.39, 0.29) is 10.8 Å². The van der Waals surface area contributed by atoms with Gasteiger partial charge in [-0.25, -0.2) is 13.1 Å². The highest BCUT2D eigenvalue weighted by atomic mass is 32.2. The summed E-state index contributed by atoms with van der Waals surface area (Å²) in [4.78, 5) is 14.9. The fraction of sp³-hybridized carbons (Fsp3) is 0.381. The Balaban J connectivity index is 1.61. The lowest BCUT2D eigenvalue weighted by molar-refractivity contribution is 0.0950. The summed E-state index contributed by atoms with van der Waals surface area (Å²) in [7, 11) is -2.23. The Labute approximate surface area is 167 Å². The molecule has 0 aliphatic carbocycles. The van der Waals surface area contributed by atoms with E-state index in [0.29, 0.717) is 12.1 Å². The number of amides is 1. The van der Waals surface area contributed by atoms with Crippen LogP contribution >= 0.6 is 0 Å². The zero-order valence-corrected chi connectivity index (χ0v) is 17.1. The fourth-order valence-corrected chi connectivity index (χ4v) is 4.23. The molecule has 0 bridgehead atoms. The van der Waals surface area contributed by atoms with Gasteiger partial charge in [0.05, 0.1) is 4.90 Å². The summed E-state index contributed by atoms with van der Waals surface area (Å²) in [6, 6.07) is 14.2. The molecule has 0 aromatic heterocycles. The normalized spacial score (nSPS) is 17.4.